The molecule has 2 rings (SSSR count). The maximum atomic E-state index is 10.9. The minimum Gasteiger partial charge on any atom is -0.496 e. The van der Waals surface area contributed by atoms with E-state index in [1.165, 1.54) is 6.92 Å². The molecular formula is C15H12ClO3. The Labute approximate surface area is 116 Å². The van der Waals surface area contributed by atoms with Gasteiger partial charge in [-0.05, 0) is 29.8 Å². The number of carbonyl (C=O) groups excluding carboxylic acids is 1. The van der Waals surface area contributed by atoms with Gasteiger partial charge in [0.05, 0.1) is 12.1 Å². The SMILES string of the molecule is COc1[c]c(Cl)c(-c2cccc(OC(C)=O)c2)cc1. The molecule has 0 saturated carbocycles. The number of carbonyl (C=O) groups is 1. The van der Waals surface area contributed by atoms with Crippen LogP contribution in [0.25, 0.3) is 11.1 Å². The largest absolute Gasteiger partial charge is 0.496 e. The first-order valence-electron chi connectivity index (χ1n) is 5.65. The highest BCUT2D eigenvalue weighted by Gasteiger charge is 2.07. The first-order chi connectivity index (χ1) is 9.10. The molecule has 0 atom stereocenters. The lowest BCUT2D eigenvalue weighted by Gasteiger charge is -2.08. The van der Waals surface area contributed by atoms with Gasteiger partial charge in [0.25, 0.3) is 0 Å². The Morgan fingerprint density at radius 1 is 1.26 bits per heavy atom. The van der Waals surface area contributed by atoms with Gasteiger partial charge >= 0.3 is 5.97 Å². The number of esters is 1. The number of benzene rings is 2. The molecule has 0 fully saturated rings. The number of methoxy groups -OCH3 is 1. The highest BCUT2D eigenvalue weighted by molar-refractivity contribution is 6.33. The van der Waals surface area contributed by atoms with Gasteiger partial charge in [0.15, 0.2) is 0 Å². The van der Waals surface area contributed by atoms with Gasteiger partial charge in [-0.2, -0.15) is 0 Å². The van der Waals surface area contributed by atoms with E-state index in [1.54, 1.807) is 31.4 Å². The molecule has 2 aromatic rings. The highest BCUT2D eigenvalue weighted by atomic mass is 35.5. The van der Waals surface area contributed by atoms with E-state index >= 15 is 0 Å². The quantitative estimate of drug-likeness (QED) is 0.632. The van der Waals surface area contributed by atoms with Crippen molar-refractivity contribution in [3.63, 3.8) is 0 Å². The predicted molar refractivity (Wildman–Crippen MR) is 73.6 cm³/mol. The van der Waals surface area contributed by atoms with Gasteiger partial charge in [-0.25, -0.2) is 0 Å². The molecule has 0 aliphatic heterocycles. The second-order valence-corrected chi connectivity index (χ2v) is 4.25. The lowest BCUT2D eigenvalue weighted by molar-refractivity contribution is -0.131. The van der Waals surface area contributed by atoms with E-state index in [-0.39, 0.29) is 5.97 Å². The molecule has 0 spiro atoms. The Morgan fingerprint density at radius 2 is 2.05 bits per heavy atom. The smallest absolute Gasteiger partial charge is 0.308 e. The van der Waals surface area contributed by atoms with Crippen molar-refractivity contribution in [2.45, 2.75) is 6.92 Å². The molecule has 0 saturated heterocycles. The third-order valence-electron chi connectivity index (χ3n) is 2.50. The summed E-state index contributed by atoms with van der Waals surface area (Å²) in [6, 6.07) is 13.7. The van der Waals surface area contributed by atoms with E-state index in [0.717, 1.165) is 11.1 Å². The molecule has 3 nitrogen and oxygen atoms in total. The number of hydrogen-bond acceptors (Lipinski definition) is 3. The molecule has 0 amide bonds. The molecule has 19 heavy (non-hydrogen) atoms. The van der Waals surface area contributed by atoms with E-state index in [0.29, 0.717) is 16.5 Å². The van der Waals surface area contributed by atoms with Gasteiger partial charge in [0.1, 0.15) is 11.5 Å². The number of rotatable bonds is 3. The van der Waals surface area contributed by atoms with Crippen molar-refractivity contribution in [3.8, 4) is 22.6 Å². The summed E-state index contributed by atoms with van der Waals surface area (Å²) in [5.41, 5.74) is 1.65. The number of halogens is 1. The van der Waals surface area contributed by atoms with Crippen LogP contribution in [0.2, 0.25) is 5.02 Å². The Morgan fingerprint density at radius 3 is 2.68 bits per heavy atom. The number of hydrogen-bond donors (Lipinski definition) is 0. The second-order valence-electron chi connectivity index (χ2n) is 3.88. The topological polar surface area (TPSA) is 35.5 Å². The minimum absolute atomic E-state index is 0.357. The monoisotopic (exact) mass is 275 g/mol. The van der Waals surface area contributed by atoms with E-state index in [1.807, 2.05) is 12.1 Å². The molecule has 0 aliphatic carbocycles. The summed E-state index contributed by atoms with van der Waals surface area (Å²) in [6.07, 6.45) is 0. The molecular weight excluding hydrogens is 264 g/mol. The average Bonchev–Trinajstić information content (AvgIpc) is 2.38. The molecule has 2 aromatic carbocycles. The van der Waals surface area contributed by atoms with Crippen molar-refractivity contribution < 1.29 is 14.3 Å². The summed E-state index contributed by atoms with van der Waals surface area (Å²) in [6.45, 7) is 1.36. The van der Waals surface area contributed by atoms with Crippen molar-refractivity contribution in [3.05, 3.63) is 47.5 Å². The molecule has 0 unspecified atom stereocenters. The summed E-state index contributed by atoms with van der Waals surface area (Å²) in [7, 11) is 1.56. The molecule has 4 heteroatoms. The third-order valence-corrected chi connectivity index (χ3v) is 2.80. The van der Waals surface area contributed by atoms with Crippen LogP contribution >= 0.6 is 11.6 Å². The van der Waals surface area contributed by atoms with Gasteiger partial charge in [-0.3, -0.25) is 4.79 Å². The normalized spacial score (nSPS) is 10.1. The summed E-state index contributed by atoms with van der Waals surface area (Å²) in [5.74, 6) is 0.700. The molecule has 0 N–H and O–H groups in total. The van der Waals surface area contributed by atoms with Crippen molar-refractivity contribution in [1.29, 1.82) is 0 Å². The van der Waals surface area contributed by atoms with Crippen LogP contribution in [0.5, 0.6) is 11.5 Å². The fourth-order valence-electron chi connectivity index (χ4n) is 1.68. The highest BCUT2D eigenvalue weighted by Crippen LogP contribution is 2.32. The van der Waals surface area contributed by atoms with Crippen LogP contribution in [-0.2, 0) is 4.79 Å². The minimum atomic E-state index is -0.357. The molecule has 0 aliphatic rings. The predicted octanol–water partition coefficient (Wildman–Crippen LogP) is 3.74. The van der Waals surface area contributed by atoms with Crippen molar-refractivity contribution in [2.75, 3.05) is 7.11 Å². The van der Waals surface area contributed by atoms with Crippen LogP contribution in [0.3, 0.4) is 0 Å². The van der Waals surface area contributed by atoms with Gasteiger partial charge in [0, 0.05) is 18.6 Å². The van der Waals surface area contributed by atoms with E-state index in [9.17, 15) is 4.79 Å². The molecule has 1 radical (unpaired) electrons. The molecule has 97 valence electrons. The summed E-state index contributed by atoms with van der Waals surface area (Å²) in [4.78, 5) is 10.9. The summed E-state index contributed by atoms with van der Waals surface area (Å²) >= 11 is 6.16. The first kappa shape index (κ1) is 13.4. The Kier molecular flexibility index (Phi) is 4.07. The fourth-order valence-corrected chi connectivity index (χ4v) is 1.95. The van der Waals surface area contributed by atoms with Gasteiger partial charge < -0.3 is 9.47 Å². The fraction of sp³-hybridized carbons (Fsp3) is 0.133. The van der Waals surface area contributed by atoms with Crippen LogP contribution in [0.15, 0.2) is 36.4 Å². The van der Waals surface area contributed by atoms with Crippen LogP contribution < -0.4 is 9.47 Å². The molecule has 0 aromatic heterocycles. The van der Waals surface area contributed by atoms with Crippen molar-refractivity contribution in [1.82, 2.24) is 0 Å². The lowest BCUT2D eigenvalue weighted by Crippen LogP contribution is -2.01. The van der Waals surface area contributed by atoms with Crippen LogP contribution in [-0.4, -0.2) is 13.1 Å². The summed E-state index contributed by atoms with van der Waals surface area (Å²) in [5, 5.41) is 0.458. The van der Waals surface area contributed by atoms with Gasteiger partial charge in [-0.15, -0.1) is 0 Å². The lowest BCUT2D eigenvalue weighted by atomic mass is 10.1. The second kappa shape index (κ2) is 5.76. The van der Waals surface area contributed by atoms with E-state index in [4.69, 9.17) is 21.1 Å². The molecule has 0 bridgehead atoms. The maximum Gasteiger partial charge on any atom is 0.308 e. The standard InChI is InChI=1S/C15H12ClO3/c1-10(17)19-13-5-3-4-11(8-13)14-7-6-12(18-2)9-15(14)16/h3-8H,1-2H3. The van der Waals surface area contributed by atoms with Crippen LogP contribution in [0.1, 0.15) is 6.92 Å². The van der Waals surface area contributed by atoms with E-state index < -0.39 is 0 Å². The van der Waals surface area contributed by atoms with E-state index in [2.05, 4.69) is 6.07 Å². The zero-order valence-electron chi connectivity index (χ0n) is 10.6. The zero-order valence-corrected chi connectivity index (χ0v) is 11.3. The Balaban J connectivity index is 2.38. The Bertz CT molecular complexity index is 608. The van der Waals surface area contributed by atoms with Crippen LogP contribution in [0.4, 0.5) is 0 Å². The van der Waals surface area contributed by atoms with Crippen LogP contribution in [0, 0.1) is 6.07 Å². The van der Waals surface area contributed by atoms with Crippen molar-refractivity contribution >= 4 is 17.6 Å². The third kappa shape index (κ3) is 3.26. The van der Waals surface area contributed by atoms with Gasteiger partial charge in [-0.1, -0.05) is 23.7 Å². The van der Waals surface area contributed by atoms with Gasteiger partial charge in [0.2, 0.25) is 0 Å². The van der Waals surface area contributed by atoms with Crippen molar-refractivity contribution in [2.24, 2.45) is 0 Å². The molecule has 0 heterocycles. The first-order valence-corrected chi connectivity index (χ1v) is 6.02. The Hall–Kier alpha value is -2.00. The zero-order chi connectivity index (χ0) is 13.8. The average molecular weight is 276 g/mol. The summed E-state index contributed by atoms with van der Waals surface area (Å²) < 4.78 is 10.1. The number of ether oxygens (including phenoxy) is 2. The maximum absolute atomic E-state index is 10.9.